The Morgan fingerprint density at radius 1 is 1.03 bits per heavy atom. The quantitative estimate of drug-likeness (QED) is 0.343. The fraction of sp³-hybridized carbons (Fsp3) is 0.577. The molecule has 0 radical (unpaired) electrons. The number of likely N-dealkylation sites (tertiary alicyclic amines) is 1. The molecule has 0 aliphatic carbocycles. The van der Waals surface area contributed by atoms with E-state index in [0.29, 0.717) is 30.6 Å². The number of nitrogens with zero attached hydrogens (tertiary/aromatic N) is 2. The molecule has 2 aliphatic heterocycles. The second-order valence-corrected chi connectivity index (χ2v) is 10.9. The number of para-hydroxylation sites is 1. The molecule has 0 bridgehead atoms. The summed E-state index contributed by atoms with van der Waals surface area (Å²) in [6.07, 6.45) is 1.18. The number of allylic oxidation sites excluding steroid dienone is 1. The van der Waals surface area contributed by atoms with Gasteiger partial charge in [0.2, 0.25) is 0 Å². The third kappa shape index (κ3) is 4.91. The van der Waals surface area contributed by atoms with Gasteiger partial charge in [0, 0.05) is 17.5 Å². The van der Waals surface area contributed by atoms with Crippen molar-refractivity contribution in [3.63, 3.8) is 0 Å². The number of rotatable bonds is 3. The molecule has 8 heteroatoms. The molecule has 1 saturated heterocycles. The predicted octanol–water partition coefficient (Wildman–Crippen LogP) is 5.16. The van der Waals surface area contributed by atoms with Gasteiger partial charge in [-0.15, -0.1) is 0 Å². The maximum Gasteiger partial charge on any atom is 0.416 e. The first-order valence-electron chi connectivity index (χ1n) is 11.6. The highest BCUT2D eigenvalue weighted by Gasteiger charge is 2.60. The number of amides is 2. The molecule has 2 atom stereocenters. The minimum Gasteiger partial charge on any atom is -0.466 e. The van der Waals surface area contributed by atoms with Gasteiger partial charge in [0.15, 0.2) is 0 Å². The highest BCUT2D eigenvalue weighted by atomic mass is 16.6. The number of hydrogen-bond acceptors (Lipinski definition) is 6. The standard InChI is InChI=1S/C26H36N2O6/c1-17(20(29)32-8)13-14-26-15-16-27(22(30)33-24(2,3)4)21(26)28(23(31)34-25(5,6)7)19-12-10-9-11-18(19)26/h9-13,21H,14-16H2,1-8H3/b17-13+/t21-,26+/m0/s1. The lowest BCUT2D eigenvalue weighted by atomic mass is 9.76. The maximum absolute atomic E-state index is 13.5. The van der Waals surface area contributed by atoms with Crippen LogP contribution in [0.2, 0.25) is 0 Å². The number of hydrogen-bond donors (Lipinski definition) is 0. The lowest BCUT2D eigenvalue weighted by molar-refractivity contribution is -0.136. The molecule has 2 heterocycles. The van der Waals surface area contributed by atoms with E-state index in [9.17, 15) is 14.4 Å². The number of ether oxygens (including phenoxy) is 3. The zero-order chi connectivity index (χ0) is 25.5. The van der Waals surface area contributed by atoms with Crippen LogP contribution in [0.25, 0.3) is 0 Å². The smallest absolute Gasteiger partial charge is 0.416 e. The molecule has 8 nitrogen and oxygen atoms in total. The van der Waals surface area contributed by atoms with Gasteiger partial charge in [0.25, 0.3) is 0 Å². The van der Waals surface area contributed by atoms with Crippen LogP contribution in [0, 0.1) is 0 Å². The molecule has 0 spiro atoms. The molecule has 1 aromatic carbocycles. The number of benzene rings is 1. The lowest BCUT2D eigenvalue weighted by Crippen LogP contribution is -2.55. The Morgan fingerprint density at radius 2 is 1.62 bits per heavy atom. The molecule has 0 saturated carbocycles. The molecule has 0 N–H and O–H groups in total. The van der Waals surface area contributed by atoms with E-state index in [2.05, 4.69) is 0 Å². The van der Waals surface area contributed by atoms with Crippen molar-refractivity contribution in [3.8, 4) is 0 Å². The molecule has 3 rings (SSSR count). The van der Waals surface area contributed by atoms with Gasteiger partial charge in [0.1, 0.15) is 17.4 Å². The van der Waals surface area contributed by atoms with E-state index in [1.807, 2.05) is 71.9 Å². The van der Waals surface area contributed by atoms with Crippen molar-refractivity contribution in [1.82, 2.24) is 4.90 Å². The SMILES string of the molecule is COC(=O)/C(C)=C/C[C@]12CCN(C(=O)OC(C)(C)C)[C@H]1N(C(=O)OC(C)(C)C)c1ccccc12. The number of anilines is 1. The summed E-state index contributed by atoms with van der Waals surface area (Å²) < 4.78 is 16.3. The first kappa shape index (κ1) is 25.6. The van der Waals surface area contributed by atoms with Gasteiger partial charge in [-0.05, 0) is 72.9 Å². The minimum absolute atomic E-state index is 0.401. The summed E-state index contributed by atoms with van der Waals surface area (Å²) in [7, 11) is 1.34. The van der Waals surface area contributed by atoms with Gasteiger partial charge in [-0.2, -0.15) is 0 Å². The van der Waals surface area contributed by atoms with E-state index in [4.69, 9.17) is 14.2 Å². The van der Waals surface area contributed by atoms with Crippen LogP contribution in [0.15, 0.2) is 35.9 Å². The van der Waals surface area contributed by atoms with Crippen molar-refractivity contribution in [2.45, 2.75) is 84.1 Å². The van der Waals surface area contributed by atoms with Gasteiger partial charge in [-0.1, -0.05) is 24.3 Å². The molecule has 0 aromatic heterocycles. The second kappa shape index (κ2) is 8.96. The average molecular weight is 473 g/mol. The fourth-order valence-electron chi connectivity index (χ4n) is 4.68. The molecule has 1 aromatic rings. The monoisotopic (exact) mass is 472 g/mol. The van der Waals surface area contributed by atoms with Crippen molar-refractivity contribution < 1.29 is 28.6 Å². The summed E-state index contributed by atoms with van der Waals surface area (Å²) >= 11 is 0. The van der Waals surface area contributed by atoms with E-state index in [1.54, 1.807) is 16.7 Å². The summed E-state index contributed by atoms with van der Waals surface area (Å²) in [6, 6.07) is 7.62. The first-order valence-corrected chi connectivity index (χ1v) is 11.6. The zero-order valence-corrected chi connectivity index (χ0v) is 21.4. The van der Waals surface area contributed by atoms with E-state index >= 15 is 0 Å². The van der Waals surface area contributed by atoms with Gasteiger partial charge < -0.3 is 14.2 Å². The number of carbonyl (C=O) groups is 3. The van der Waals surface area contributed by atoms with Gasteiger partial charge in [-0.3, -0.25) is 9.80 Å². The average Bonchev–Trinajstić information content (AvgIpc) is 3.22. The Hall–Kier alpha value is -3.03. The van der Waals surface area contributed by atoms with Crippen LogP contribution >= 0.6 is 0 Å². The first-order chi connectivity index (χ1) is 15.7. The van der Waals surface area contributed by atoms with E-state index < -0.39 is 40.9 Å². The highest BCUT2D eigenvalue weighted by Crippen LogP contribution is 2.55. The van der Waals surface area contributed by atoms with E-state index in [0.717, 1.165) is 5.56 Å². The summed E-state index contributed by atoms with van der Waals surface area (Å²) in [5.74, 6) is -0.412. The van der Waals surface area contributed by atoms with Crippen molar-refractivity contribution in [1.29, 1.82) is 0 Å². The van der Waals surface area contributed by atoms with Crippen molar-refractivity contribution in [2.75, 3.05) is 18.6 Å². The number of esters is 1. The number of carbonyl (C=O) groups excluding carboxylic acids is 3. The second-order valence-electron chi connectivity index (χ2n) is 10.9. The summed E-state index contributed by atoms with van der Waals surface area (Å²) in [5.41, 5.74) is 0.0732. The van der Waals surface area contributed by atoms with E-state index in [1.165, 1.54) is 7.11 Å². The van der Waals surface area contributed by atoms with Crippen molar-refractivity contribution in [2.24, 2.45) is 0 Å². The number of methoxy groups -OCH3 is 1. The summed E-state index contributed by atoms with van der Waals surface area (Å²) in [4.78, 5) is 42.0. The molecule has 34 heavy (non-hydrogen) atoms. The maximum atomic E-state index is 13.5. The predicted molar refractivity (Wildman–Crippen MR) is 129 cm³/mol. The van der Waals surface area contributed by atoms with Crippen LogP contribution in [-0.2, 0) is 24.4 Å². The van der Waals surface area contributed by atoms with Crippen LogP contribution in [0.4, 0.5) is 15.3 Å². The topological polar surface area (TPSA) is 85.4 Å². The Bertz CT molecular complexity index is 1000. The van der Waals surface area contributed by atoms with Crippen LogP contribution in [0.5, 0.6) is 0 Å². The molecule has 2 aliphatic rings. The van der Waals surface area contributed by atoms with Gasteiger partial charge in [0.05, 0.1) is 12.8 Å². The molecule has 0 unspecified atom stereocenters. The van der Waals surface area contributed by atoms with Gasteiger partial charge in [-0.25, -0.2) is 14.4 Å². The van der Waals surface area contributed by atoms with Crippen LogP contribution < -0.4 is 4.90 Å². The summed E-state index contributed by atoms with van der Waals surface area (Å²) in [6.45, 7) is 13.0. The Morgan fingerprint density at radius 3 is 2.21 bits per heavy atom. The van der Waals surface area contributed by atoms with Gasteiger partial charge >= 0.3 is 18.2 Å². The van der Waals surface area contributed by atoms with Crippen molar-refractivity contribution in [3.05, 3.63) is 41.5 Å². The Labute approximate surface area is 201 Å². The molecular formula is C26H36N2O6. The normalized spacial score (nSPS) is 22.2. The zero-order valence-electron chi connectivity index (χ0n) is 21.4. The van der Waals surface area contributed by atoms with Crippen LogP contribution in [0.1, 0.15) is 66.9 Å². The Kier molecular flexibility index (Phi) is 6.75. The highest BCUT2D eigenvalue weighted by molar-refractivity contribution is 5.94. The fourth-order valence-corrected chi connectivity index (χ4v) is 4.68. The minimum atomic E-state index is -0.714. The molecular weight excluding hydrogens is 436 g/mol. The van der Waals surface area contributed by atoms with E-state index in [-0.39, 0.29) is 0 Å². The summed E-state index contributed by atoms with van der Waals surface area (Å²) in [5, 5.41) is 0. The molecule has 1 fully saturated rings. The molecule has 2 amide bonds. The van der Waals surface area contributed by atoms with Crippen LogP contribution in [-0.4, -0.2) is 54.1 Å². The van der Waals surface area contributed by atoms with Crippen molar-refractivity contribution >= 4 is 23.8 Å². The molecule has 186 valence electrons. The lowest BCUT2D eigenvalue weighted by Gasteiger charge is -2.37. The largest absolute Gasteiger partial charge is 0.466 e. The third-order valence-corrected chi connectivity index (χ3v) is 6.03. The Balaban J connectivity index is 2.13. The van der Waals surface area contributed by atoms with Crippen LogP contribution in [0.3, 0.4) is 0 Å². The number of fused-ring (bicyclic) bond motifs is 3. The third-order valence-electron chi connectivity index (χ3n) is 6.03.